The molecule has 2 N–H and O–H groups in total. The van der Waals surface area contributed by atoms with Crippen molar-refractivity contribution in [3.63, 3.8) is 0 Å². The van der Waals surface area contributed by atoms with Gasteiger partial charge in [-0.3, -0.25) is 9.59 Å². The summed E-state index contributed by atoms with van der Waals surface area (Å²) < 4.78 is 1.93. The fourth-order valence-electron chi connectivity index (χ4n) is 3.51. The normalized spacial score (nSPS) is 12.0. The lowest BCUT2D eigenvalue weighted by molar-refractivity contribution is -0.113. The summed E-state index contributed by atoms with van der Waals surface area (Å²) in [5.41, 5.74) is 3.30. The molecule has 7 nitrogen and oxygen atoms in total. The molecule has 10 heteroatoms. The van der Waals surface area contributed by atoms with E-state index in [1.807, 2.05) is 57.4 Å². The van der Waals surface area contributed by atoms with Gasteiger partial charge in [-0.15, -0.1) is 10.2 Å². The minimum absolute atomic E-state index is 0.0432. The van der Waals surface area contributed by atoms with Crippen molar-refractivity contribution in [3.05, 3.63) is 69.0 Å². The molecule has 2 aromatic carbocycles. The number of carbonyl (C=O) groups is 2. The van der Waals surface area contributed by atoms with E-state index in [-0.39, 0.29) is 29.5 Å². The van der Waals surface area contributed by atoms with E-state index in [4.69, 9.17) is 23.2 Å². The first-order chi connectivity index (χ1) is 16.6. The lowest BCUT2D eigenvalue weighted by atomic mass is 10.0. The molecule has 0 spiro atoms. The molecule has 0 radical (unpaired) electrons. The molecule has 0 bridgehead atoms. The molecule has 0 aliphatic rings. The standard InChI is InChI=1S/C25H29Cl2N5O2S/c1-6-32-23(22(14(2)3)29-24(34)17-9-10-18(26)19(27)12-17)30-31-25(32)35-13-21(33)28-20-11-15(4)7-8-16(20)5/h7-12,14,22H,6,13H2,1-5H3,(H,28,33)(H,29,34)/t22-/m1/s1. The van der Waals surface area contributed by atoms with Gasteiger partial charge in [-0.05, 0) is 62.1 Å². The highest BCUT2D eigenvalue weighted by Gasteiger charge is 2.26. The summed E-state index contributed by atoms with van der Waals surface area (Å²) in [5.74, 6) is 0.460. The number of amides is 2. The summed E-state index contributed by atoms with van der Waals surface area (Å²) in [7, 11) is 0. The van der Waals surface area contributed by atoms with E-state index in [1.165, 1.54) is 17.8 Å². The third-order valence-corrected chi connectivity index (χ3v) is 7.18. The van der Waals surface area contributed by atoms with Crippen LogP contribution in [-0.4, -0.2) is 32.3 Å². The zero-order valence-corrected chi connectivity index (χ0v) is 22.7. The van der Waals surface area contributed by atoms with E-state index in [0.717, 1.165) is 16.8 Å². The second kappa shape index (κ2) is 11.9. The van der Waals surface area contributed by atoms with Crippen molar-refractivity contribution in [1.82, 2.24) is 20.1 Å². The number of thioether (sulfide) groups is 1. The molecule has 0 aliphatic carbocycles. The third-order valence-electron chi connectivity index (χ3n) is 5.47. The van der Waals surface area contributed by atoms with Crippen molar-refractivity contribution in [3.8, 4) is 0 Å². The number of rotatable bonds is 9. The van der Waals surface area contributed by atoms with Gasteiger partial charge < -0.3 is 15.2 Å². The molecule has 0 fully saturated rings. The lowest BCUT2D eigenvalue weighted by Gasteiger charge is -2.22. The minimum atomic E-state index is -0.387. The average molecular weight is 535 g/mol. The number of hydrogen-bond donors (Lipinski definition) is 2. The number of halogens is 2. The highest BCUT2D eigenvalue weighted by molar-refractivity contribution is 7.99. The third kappa shape index (κ3) is 6.78. The maximum Gasteiger partial charge on any atom is 0.251 e. The number of carbonyl (C=O) groups excluding carboxylic acids is 2. The first-order valence-corrected chi connectivity index (χ1v) is 13.0. The van der Waals surface area contributed by atoms with Crippen LogP contribution in [0.5, 0.6) is 0 Å². The Morgan fingerprint density at radius 3 is 2.46 bits per heavy atom. The summed E-state index contributed by atoms with van der Waals surface area (Å²) in [5, 5.41) is 16.0. The van der Waals surface area contributed by atoms with Crippen LogP contribution in [0.1, 0.15) is 54.1 Å². The number of aromatic nitrogens is 3. The molecule has 1 aromatic heterocycles. The van der Waals surface area contributed by atoms with Crippen molar-refractivity contribution in [2.75, 3.05) is 11.1 Å². The van der Waals surface area contributed by atoms with Gasteiger partial charge in [0.05, 0.1) is 21.8 Å². The van der Waals surface area contributed by atoms with Crippen molar-refractivity contribution in [2.45, 2.75) is 52.4 Å². The van der Waals surface area contributed by atoms with Crippen LogP contribution in [0.2, 0.25) is 10.0 Å². The molecule has 3 rings (SSSR count). The molecule has 1 atom stereocenters. The van der Waals surface area contributed by atoms with E-state index >= 15 is 0 Å². The molecule has 0 unspecified atom stereocenters. The molecule has 1 heterocycles. The topological polar surface area (TPSA) is 88.9 Å². The van der Waals surface area contributed by atoms with E-state index in [2.05, 4.69) is 20.8 Å². The largest absolute Gasteiger partial charge is 0.342 e. The van der Waals surface area contributed by atoms with E-state index in [9.17, 15) is 9.59 Å². The molecule has 35 heavy (non-hydrogen) atoms. The molecule has 0 saturated carbocycles. The summed E-state index contributed by atoms with van der Waals surface area (Å²) >= 11 is 13.4. The van der Waals surface area contributed by atoms with Crippen LogP contribution in [-0.2, 0) is 11.3 Å². The Morgan fingerprint density at radius 2 is 1.80 bits per heavy atom. The maximum absolute atomic E-state index is 12.9. The van der Waals surface area contributed by atoms with Crippen molar-refractivity contribution >= 4 is 52.5 Å². The Bertz CT molecular complexity index is 1230. The van der Waals surface area contributed by atoms with Gasteiger partial charge in [-0.2, -0.15) is 0 Å². The van der Waals surface area contributed by atoms with Crippen molar-refractivity contribution < 1.29 is 9.59 Å². The van der Waals surface area contributed by atoms with Crippen molar-refractivity contribution in [2.24, 2.45) is 5.92 Å². The number of aryl methyl sites for hydroxylation is 2. The van der Waals surface area contributed by atoms with Gasteiger partial charge in [-0.25, -0.2) is 0 Å². The second-order valence-electron chi connectivity index (χ2n) is 8.56. The molecular weight excluding hydrogens is 505 g/mol. The monoisotopic (exact) mass is 533 g/mol. The van der Waals surface area contributed by atoms with Gasteiger partial charge in [0.15, 0.2) is 11.0 Å². The first kappa shape index (κ1) is 27.0. The number of nitrogens with zero attached hydrogens (tertiary/aromatic N) is 3. The lowest BCUT2D eigenvalue weighted by Crippen LogP contribution is -2.33. The summed E-state index contributed by atoms with van der Waals surface area (Å²) in [6.07, 6.45) is 0. The zero-order valence-electron chi connectivity index (χ0n) is 20.4. The Balaban J connectivity index is 1.73. The molecule has 0 saturated heterocycles. The number of hydrogen-bond acceptors (Lipinski definition) is 5. The Hall–Kier alpha value is -2.55. The van der Waals surface area contributed by atoms with Crippen LogP contribution in [0.15, 0.2) is 41.6 Å². The summed E-state index contributed by atoms with van der Waals surface area (Å²) in [6, 6.07) is 10.3. The smallest absolute Gasteiger partial charge is 0.251 e. The maximum atomic E-state index is 12.9. The Kier molecular flexibility index (Phi) is 9.21. The highest BCUT2D eigenvalue weighted by atomic mass is 35.5. The van der Waals surface area contributed by atoms with Crippen molar-refractivity contribution in [1.29, 1.82) is 0 Å². The quantitative estimate of drug-likeness (QED) is 0.325. The predicted molar refractivity (Wildman–Crippen MR) is 142 cm³/mol. The van der Waals surface area contributed by atoms with Crippen LogP contribution in [0, 0.1) is 19.8 Å². The summed E-state index contributed by atoms with van der Waals surface area (Å²) in [4.78, 5) is 25.5. The fourth-order valence-corrected chi connectivity index (χ4v) is 4.62. The van der Waals surface area contributed by atoms with Crippen LogP contribution >= 0.6 is 35.0 Å². The van der Waals surface area contributed by atoms with Gasteiger partial charge in [0, 0.05) is 17.8 Å². The number of anilines is 1. The minimum Gasteiger partial charge on any atom is -0.342 e. The molecule has 186 valence electrons. The molecule has 3 aromatic rings. The number of benzene rings is 2. The van der Waals surface area contributed by atoms with Gasteiger partial charge in [0.1, 0.15) is 0 Å². The second-order valence-corrected chi connectivity index (χ2v) is 10.3. The van der Waals surface area contributed by atoms with E-state index in [1.54, 1.807) is 12.1 Å². The van der Waals surface area contributed by atoms with Crippen LogP contribution in [0.3, 0.4) is 0 Å². The van der Waals surface area contributed by atoms with Crippen LogP contribution in [0.4, 0.5) is 5.69 Å². The van der Waals surface area contributed by atoms with Gasteiger partial charge in [0.25, 0.3) is 5.91 Å². The van der Waals surface area contributed by atoms with Crippen LogP contribution < -0.4 is 10.6 Å². The Labute approximate surface area is 220 Å². The van der Waals surface area contributed by atoms with Gasteiger partial charge in [0.2, 0.25) is 5.91 Å². The SMILES string of the molecule is CCn1c(SCC(=O)Nc2cc(C)ccc2C)nnc1[C@H](NC(=O)c1ccc(Cl)c(Cl)c1)C(C)C. The Morgan fingerprint density at radius 1 is 1.06 bits per heavy atom. The molecule has 0 aliphatic heterocycles. The molecule has 2 amide bonds. The number of nitrogens with one attached hydrogen (secondary N) is 2. The molecular formula is C25H29Cl2N5O2S. The zero-order chi connectivity index (χ0) is 25.7. The van der Waals surface area contributed by atoms with Crippen LogP contribution in [0.25, 0.3) is 0 Å². The van der Waals surface area contributed by atoms with E-state index in [0.29, 0.717) is 33.1 Å². The van der Waals surface area contributed by atoms with Gasteiger partial charge in [-0.1, -0.05) is 60.9 Å². The first-order valence-electron chi connectivity index (χ1n) is 11.3. The highest BCUT2D eigenvalue weighted by Crippen LogP contribution is 2.27. The predicted octanol–water partition coefficient (Wildman–Crippen LogP) is 6.08. The van der Waals surface area contributed by atoms with E-state index < -0.39 is 0 Å². The average Bonchev–Trinajstić information content (AvgIpc) is 3.22. The fraction of sp³-hybridized carbons (Fsp3) is 0.360. The summed E-state index contributed by atoms with van der Waals surface area (Å²) in [6.45, 7) is 10.5. The van der Waals surface area contributed by atoms with Gasteiger partial charge >= 0.3 is 0 Å².